The molecule has 1 saturated heterocycles. The van der Waals surface area contributed by atoms with Crippen molar-refractivity contribution in [2.75, 3.05) is 0 Å². The van der Waals surface area contributed by atoms with Crippen LogP contribution in [0.4, 0.5) is 0 Å². The van der Waals surface area contributed by atoms with Gasteiger partial charge in [0.05, 0.1) is 0 Å². The normalized spacial score (nSPS) is 27.4. The second-order valence-electron chi connectivity index (χ2n) is 3.45. The van der Waals surface area contributed by atoms with Crippen molar-refractivity contribution in [3.8, 4) is 0 Å². The molecule has 1 aromatic rings. The molecular weight excluding hydrogens is 178 g/mol. The van der Waals surface area contributed by atoms with Crippen LogP contribution in [0.2, 0.25) is 0 Å². The minimum Gasteiger partial charge on any atom is -0.303 e. The van der Waals surface area contributed by atoms with Gasteiger partial charge in [0, 0.05) is 12.1 Å². The van der Waals surface area contributed by atoms with Crippen molar-refractivity contribution < 1.29 is 0 Å². The van der Waals surface area contributed by atoms with Crippen molar-refractivity contribution in [2.24, 2.45) is 0 Å². The SMILES string of the molecule is S=CC1CCC(c2ccccc2)N1. The molecule has 1 heterocycles. The van der Waals surface area contributed by atoms with Gasteiger partial charge in [0.2, 0.25) is 0 Å². The summed E-state index contributed by atoms with van der Waals surface area (Å²) in [4.78, 5) is 0. The maximum absolute atomic E-state index is 4.93. The van der Waals surface area contributed by atoms with Crippen LogP contribution in [0.25, 0.3) is 0 Å². The third-order valence-corrected chi connectivity index (χ3v) is 2.88. The highest BCUT2D eigenvalue weighted by atomic mass is 32.1. The zero-order valence-electron chi connectivity index (χ0n) is 7.44. The first-order valence-electron chi connectivity index (χ1n) is 4.66. The fourth-order valence-electron chi connectivity index (χ4n) is 1.83. The van der Waals surface area contributed by atoms with Gasteiger partial charge >= 0.3 is 0 Å². The summed E-state index contributed by atoms with van der Waals surface area (Å²) >= 11 is 4.93. The van der Waals surface area contributed by atoms with Crippen LogP contribution in [0, 0.1) is 0 Å². The van der Waals surface area contributed by atoms with E-state index < -0.39 is 0 Å². The van der Waals surface area contributed by atoms with Gasteiger partial charge in [0.1, 0.15) is 0 Å². The van der Waals surface area contributed by atoms with Gasteiger partial charge in [-0.2, -0.15) is 0 Å². The Balaban J connectivity index is 2.08. The molecule has 1 aliphatic rings. The first kappa shape index (κ1) is 8.85. The van der Waals surface area contributed by atoms with E-state index in [0.717, 1.165) is 0 Å². The van der Waals surface area contributed by atoms with Gasteiger partial charge in [-0.25, -0.2) is 0 Å². The van der Waals surface area contributed by atoms with E-state index in [1.807, 2.05) is 5.37 Å². The Hall–Kier alpha value is -0.730. The van der Waals surface area contributed by atoms with E-state index in [1.165, 1.54) is 18.4 Å². The Morgan fingerprint density at radius 2 is 2.00 bits per heavy atom. The van der Waals surface area contributed by atoms with Crippen LogP contribution in [-0.2, 0) is 0 Å². The molecule has 1 nitrogen and oxygen atoms in total. The highest BCUT2D eigenvalue weighted by molar-refractivity contribution is 7.79. The van der Waals surface area contributed by atoms with Crippen molar-refractivity contribution in [1.29, 1.82) is 0 Å². The second kappa shape index (κ2) is 3.99. The fraction of sp³-hybridized carbons (Fsp3) is 0.364. The molecule has 1 aromatic carbocycles. The van der Waals surface area contributed by atoms with Crippen LogP contribution in [0.1, 0.15) is 24.4 Å². The van der Waals surface area contributed by atoms with E-state index in [-0.39, 0.29) is 0 Å². The number of nitrogens with one attached hydrogen (secondary N) is 1. The van der Waals surface area contributed by atoms with E-state index in [4.69, 9.17) is 12.2 Å². The molecule has 2 unspecified atom stereocenters. The van der Waals surface area contributed by atoms with Crippen molar-refractivity contribution in [3.05, 3.63) is 35.9 Å². The summed E-state index contributed by atoms with van der Waals surface area (Å²) in [6.45, 7) is 0. The topological polar surface area (TPSA) is 12.0 Å². The average Bonchev–Trinajstić information content (AvgIpc) is 2.67. The lowest BCUT2D eigenvalue weighted by Crippen LogP contribution is -2.24. The Kier molecular flexibility index (Phi) is 2.71. The lowest BCUT2D eigenvalue weighted by Gasteiger charge is -2.11. The summed E-state index contributed by atoms with van der Waals surface area (Å²) in [6, 6.07) is 11.5. The highest BCUT2D eigenvalue weighted by Gasteiger charge is 2.22. The molecule has 0 saturated carbocycles. The quantitative estimate of drug-likeness (QED) is 0.721. The standard InChI is InChI=1S/C11H13NS/c13-8-10-6-7-11(12-10)9-4-2-1-3-5-9/h1-5,8,10-12H,6-7H2. The monoisotopic (exact) mass is 191 g/mol. The summed E-state index contributed by atoms with van der Waals surface area (Å²) in [5.74, 6) is 0. The Morgan fingerprint density at radius 3 is 2.62 bits per heavy atom. The number of thiocarbonyl (C=S) groups is 1. The zero-order valence-corrected chi connectivity index (χ0v) is 8.26. The minimum absolute atomic E-state index is 0.431. The molecule has 0 aliphatic carbocycles. The number of hydrogen-bond acceptors (Lipinski definition) is 2. The second-order valence-corrected chi connectivity index (χ2v) is 3.72. The molecule has 1 aliphatic heterocycles. The lowest BCUT2D eigenvalue weighted by molar-refractivity contribution is 0.630. The van der Waals surface area contributed by atoms with Crippen LogP contribution in [-0.4, -0.2) is 11.4 Å². The molecule has 13 heavy (non-hydrogen) atoms. The molecule has 2 rings (SSSR count). The summed E-state index contributed by atoms with van der Waals surface area (Å²) < 4.78 is 0. The fourth-order valence-corrected chi connectivity index (χ4v) is 2.04. The number of benzene rings is 1. The van der Waals surface area contributed by atoms with Crippen LogP contribution >= 0.6 is 12.2 Å². The predicted molar refractivity (Wildman–Crippen MR) is 59.0 cm³/mol. The first-order chi connectivity index (χ1) is 6.40. The van der Waals surface area contributed by atoms with E-state index in [0.29, 0.717) is 12.1 Å². The number of rotatable bonds is 2. The van der Waals surface area contributed by atoms with Crippen molar-refractivity contribution in [2.45, 2.75) is 24.9 Å². The Labute approximate surface area is 84.2 Å². The van der Waals surface area contributed by atoms with E-state index in [1.54, 1.807) is 0 Å². The van der Waals surface area contributed by atoms with Gasteiger partial charge in [0.15, 0.2) is 0 Å². The van der Waals surface area contributed by atoms with Crippen molar-refractivity contribution in [3.63, 3.8) is 0 Å². The van der Waals surface area contributed by atoms with Gasteiger partial charge in [0.25, 0.3) is 0 Å². The largest absolute Gasteiger partial charge is 0.303 e. The third-order valence-electron chi connectivity index (χ3n) is 2.55. The molecule has 0 aromatic heterocycles. The van der Waals surface area contributed by atoms with Crippen molar-refractivity contribution in [1.82, 2.24) is 5.32 Å². The van der Waals surface area contributed by atoms with E-state index in [9.17, 15) is 0 Å². The molecule has 0 spiro atoms. The summed E-state index contributed by atoms with van der Waals surface area (Å²) in [7, 11) is 0. The molecule has 0 radical (unpaired) electrons. The average molecular weight is 191 g/mol. The molecule has 1 N–H and O–H groups in total. The van der Waals surface area contributed by atoms with Gasteiger partial charge < -0.3 is 5.32 Å². The lowest BCUT2D eigenvalue weighted by atomic mass is 10.1. The maximum atomic E-state index is 4.93. The Morgan fingerprint density at radius 1 is 1.23 bits per heavy atom. The zero-order chi connectivity index (χ0) is 9.10. The van der Waals surface area contributed by atoms with Crippen LogP contribution < -0.4 is 5.32 Å². The molecular formula is C11H13NS. The van der Waals surface area contributed by atoms with E-state index >= 15 is 0 Å². The molecule has 0 amide bonds. The highest BCUT2D eigenvalue weighted by Crippen LogP contribution is 2.25. The number of hydrogen-bond donors (Lipinski definition) is 1. The smallest absolute Gasteiger partial charge is 0.0359 e. The maximum Gasteiger partial charge on any atom is 0.0359 e. The molecule has 68 valence electrons. The van der Waals surface area contributed by atoms with Gasteiger partial charge in [-0.15, -0.1) is 0 Å². The van der Waals surface area contributed by atoms with Gasteiger partial charge in [-0.1, -0.05) is 42.5 Å². The van der Waals surface area contributed by atoms with E-state index in [2.05, 4.69) is 35.6 Å². The molecule has 2 atom stereocenters. The third kappa shape index (κ3) is 1.95. The van der Waals surface area contributed by atoms with Crippen LogP contribution in [0.15, 0.2) is 30.3 Å². The predicted octanol–water partition coefficient (Wildman–Crippen LogP) is 2.48. The summed E-state index contributed by atoms with van der Waals surface area (Å²) in [5, 5.41) is 5.33. The first-order valence-corrected chi connectivity index (χ1v) is 5.13. The molecule has 2 heteroatoms. The van der Waals surface area contributed by atoms with Crippen molar-refractivity contribution >= 4 is 17.6 Å². The summed E-state index contributed by atoms with van der Waals surface area (Å²) in [5.41, 5.74) is 1.38. The minimum atomic E-state index is 0.431. The van der Waals surface area contributed by atoms with Gasteiger partial charge in [-0.05, 0) is 23.8 Å². The Bertz CT molecular complexity index is 283. The van der Waals surface area contributed by atoms with Gasteiger partial charge in [-0.3, -0.25) is 0 Å². The molecule has 0 bridgehead atoms. The summed E-state index contributed by atoms with van der Waals surface area (Å²) in [6.07, 6.45) is 2.37. The van der Waals surface area contributed by atoms with Crippen LogP contribution in [0.5, 0.6) is 0 Å². The molecule has 1 fully saturated rings. The van der Waals surface area contributed by atoms with Crippen LogP contribution in [0.3, 0.4) is 0 Å².